The molecule has 0 unspecified atom stereocenters. The van der Waals surface area contributed by atoms with Crippen LogP contribution in [0.4, 0.5) is 0 Å². The van der Waals surface area contributed by atoms with Gasteiger partial charge in [-0.25, -0.2) is 0 Å². The van der Waals surface area contributed by atoms with Gasteiger partial charge in [0, 0.05) is 43.9 Å². The molecule has 4 nitrogen and oxygen atoms in total. The number of hydrogen-bond acceptors (Lipinski definition) is 3. The van der Waals surface area contributed by atoms with Gasteiger partial charge in [0.1, 0.15) is 11.9 Å². The van der Waals surface area contributed by atoms with Gasteiger partial charge in [0.2, 0.25) is 5.91 Å². The highest BCUT2D eigenvalue weighted by molar-refractivity contribution is 5.78. The maximum absolute atomic E-state index is 12.5. The molecule has 0 saturated carbocycles. The SMILES string of the molecule is O=C(Cc1cccnc1)N1CCC(Oc2ccccc2-c2ccccc2)CC1. The minimum atomic E-state index is 0.132. The molecule has 2 aromatic carbocycles. The molecule has 1 amide bonds. The number of aromatic nitrogens is 1. The highest BCUT2D eigenvalue weighted by atomic mass is 16.5. The van der Waals surface area contributed by atoms with E-state index in [9.17, 15) is 4.79 Å². The Balaban J connectivity index is 1.36. The quantitative estimate of drug-likeness (QED) is 0.668. The van der Waals surface area contributed by atoms with E-state index in [1.807, 2.05) is 53.4 Å². The predicted octanol–water partition coefficient (Wildman–Crippen LogP) is 4.36. The number of para-hydroxylation sites is 1. The van der Waals surface area contributed by atoms with Gasteiger partial charge >= 0.3 is 0 Å². The van der Waals surface area contributed by atoms with Crippen LogP contribution in [-0.2, 0) is 11.2 Å². The average Bonchev–Trinajstić information content (AvgIpc) is 2.76. The van der Waals surface area contributed by atoms with Gasteiger partial charge in [-0.15, -0.1) is 0 Å². The minimum Gasteiger partial charge on any atom is -0.490 e. The van der Waals surface area contributed by atoms with Crippen molar-refractivity contribution in [1.29, 1.82) is 0 Å². The number of likely N-dealkylation sites (tertiary alicyclic amines) is 1. The number of benzene rings is 2. The second-order valence-corrected chi connectivity index (χ2v) is 7.10. The molecule has 1 saturated heterocycles. The lowest BCUT2D eigenvalue weighted by Crippen LogP contribution is -2.42. The summed E-state index contributed by atoms with van der Waals surface area (Å²) in [6.07, 6.45) is 5.73. The van der Waals surface area contributed by atoms with Crippen molar-refractivity contribution < 1.29 is 9.53 Å². The van der Waals surface area contributed by atoms with Gasteiger partial charge in [0.25, 0.3) is 0 Å². The molecule has 4 heteroatoms. The lowest BCUT2D eigenvalue weighted by molar-refractivity contribution is -0.132. The summed E-state index contributed by atoms with van der Waals surface area (Å²) >= 11 is 0. The van der Waals surface area contributed by atoms with Gasteiger partial charge in [-0.05, 0) is 23.3 Å². The number of piperidine rings is 1. The van der Waals surface area contributed by atoms with Crippen molar-refractivity contribution >= 4 is 5.91 Å². The number of pyridine rings is 1. The van der Waals surface area contributed by atoms with Crippen molar-refractivity contribution in [2.75, 3.05) is 13.1 Å². The van der Waals surface area contributed by atoms with Crippen molar-refractivity contribution in [3.63, 3.8) is 0 Å². The second-order valence-electron chi connectivity index (χ2n) is 7.10. The van der Waals surface area contributed by atoms with E-state index in [1.54, 1.807) is 12.4 Å². The Morgan fingerprint density at radius 2 is 1.71 bits per heavy atom. The first-order valence-electron chi connectivity index (χ1n) is 9.77. The lowest BCUT2D eigenvalue weighted by atomic mass is 10.0. The Bertz CT molecular complexity index is 904. The zero-order valence-corrected chi connectivity index (χ0v) is 15.8. The highest BCUT2D eigenvalue weighted by Crippen LogP contribution is 2.31. The van der Waals surface area contributed by atoms with Crippen molar-refractivity contribution in [3.05, 3.63) is 84.7 Å². The van der Waals surface area contributed by atoms with Gasteiger partial charge in [0.15, 0.2) is 0 Å². The fourth-order valence-electron chi connectivity index (χ4n) is 3.62. The first-order chi connectivity index (χ1) is 13.8. The molecule has 0 spiro atoms. The number of nitrogens with zero attached hydrogens (tertiary/aromatic N) is 2. The summed E-state index contributed by atoms with van der Waals surface area (Å²) in [6.45, 7) is 1.47. The molecule has 28 heavy (non-hydrogen) atoms. The molecule has 0 radical (unpaired) electrons. The Morgan fingerprint density at radius 1 is 0.964 bits per heavy atom. The van der Waals surface area contributed by atoms with Crippen molar-refractivity contribution in [2.45, 2.75) is 25.4 Å². The average molecular weight is 372 g/mol. The largest absolute Gasteiger partial charge is 0.490 e. The zero-order chi connectivity index (χ0) is 19.2. The van der Waals surface area contributed by atoms with Crippen LogP contribution in [0.1, 0.15) is 18.4 Å². The number of ether oxygens (including phenoxy) is 1. The van der Waals surface area contributed by atoms with E-state index in [2.05, 4.69) is 23.2 Å². The van der Waals surface area contributed by atoms with E-state index in [-0.39, 0.29) is 12.0 Å². The van der Waals surface area contributed by atoms with Crippen molar-refractivity contribution in [1.82, 2.24) is 9.88 Å². The number of hydrogen-bond donors (Lipinski definition) is 0. The minimum absolute atomic E-state index is 0.132. The number of carbonyl (C=O) groups excluding carboxylic acids is 1. The monoisotopic (exact) mass is 372 g/mol. The lowest BCUT2D eigenvalue weighted by Gasteiger charge is -2.32. The fraction of sp³-hybridized carbons (Fsp3) is 0.250. The molecule has 142 valence electrons. The highest BCUT2D eigenvalue weighted by Gasteiger charge is 2.24. The van der Waals surface area contributed by atoms with E-state index < -0.39 is 0 Å². The summed E-state index contributed by atoms with van der Waals surface area (Å²) in [7, 11) is 0. The number of carbonyl (C=O) groups is 1. The summed E-state index contributed by atoms with van der Waals surface area (Å²) in [6, 6.07) is 22.3. The standard InChI is InChI=1S/C24H24N2O2/c27-24(17-19-7-6-14-25-18-19)26-15-12-21(13-16-26)28-23-11-5-4-10-22(23)20-8-2-1-3-9-20/h1-11,14,18,21H,12-13,15-17H2. The molecule has 4 rings (SSSR count). The predicted molar refractivity (Wildman–Crippen MR) is 110 cm³/mol. The van der Waals surface area contributed by atoms with Gasteiger partial charge in [-0.2, -0.15) is 0 Å². The van der Waals surface area contributed by atoms with E-state index in [1.165, 1.54) is 0 Å². The third-order valence-electron chi connectivity index (χ3n) is 5.14. The Hall–Kier alpha value is -3.14. The molecule has 0 aliphatic carbocycles. The van der Waals surface area contributed by atoms with Gasteiger partial charge in [-0.1, -0.05) is 54.6 Å². The number of rotatable bonds is 5. The van der Waals surface area contributed by atoms with Crippen LogP contribution in [0.15, 0.2) is 79.1 Å². The summed E-state index contributed by atoms with van der Waals surface area (Å²) < 4.78 is 6.34. The normalized spacial score (nSPS) is 14.6. The van der Waals surface area contributed by atoms with Crippen molar-refractivity contribution in [2.24, 2.45) is 0 Å². The van der Waals surface area contributed by atoms with Crippen LogP contribution in [0, 0.1) is 0 Å². The van der Waals surface area contributed by atoms with Gasteiger partial charge < -0.3 is 9.64 Å². The topological polar surface area (TPSA) is 42.4 Å². The van der Waals surface area contributed by atoms with Crippen LogP contribution < -0.4 is 4.74 Å². The Morgan fingerprint density at radius 3 is 2.46 bits per heavy atom. The van der Waals surface area contributed by atoms with Gasteiger partial charge in [-0.3, -0.25) is 9.78 Å². The van der Waals surface area contributed by atoms with Crippen LogP contribution >= 0.6 is 0 Å². The molecular weight excluding hydrogens is 348 g/mol. The first kappa shape index (κ1) is 18.2. The molecule has 0 bridgehead atoms. The fourth-order valence-corrected chi connectivity index (χ4v) is 3.62. The molecule has 1 aliphatic rings. The van der Waals surface area contributed by atoms with Crippen LogP contribution in [0.25, 0.3) is 11.1 Å². The molecule has 0 N–H and O–H groups in total. The van der Waals surface area contributed by atoms with Crippen LogP contribution in [0.2, 0.25) is 0 Å². The molecular formula is C24H24N2O2. The smallest absolute Gasteiger partial charge is 0.227 e. The summed E-state index contributed by atoms with van der Waals surface area (Å²) in [4.78, 5) is 18.6. The zero-order valence-electron chi connectivity index (χ0n) is 15.8. The molecule has 1 fully saturated rings. The first-order valence-corrected chi connectivity index (χ1v) is 9.77. The van der Waals surface area contributed by atoms with E-state index in [4.69, 9.17) is 4.74 Å². The third kappa shape index (κ3) is 4.39. The van der Waals surface area contributed by atoms with Crippen molar-refractivity contribution in [3.8, 4) is 16.9 Å². The van der Waals surface area contributed by atoms with Crippen LogP contribution in [0.5, 0.6) is 5.75 Å². The van der Waals surface area contributed by atoms with E-state index in [0.29, 0.717) is 6.42 Å². The van der Waals surface area contributed by atoms with E-state index >= 15 is 0 Å². The Labute approximate surface area is 165 Å². The summed E-state index contributed by atoms with van der Waals surface area (Å²) in [5.41, 5.74) is 3.23. The summed E-state index contributed by atoms with van der Waals surface area (Å²) in [5, 5.41) is 0. The Kier molecular flexibility index (Phi) is 5.66. The molecule has 1 aliphatic heterocycles. The van der Waals surface area contributed by atoms with E-state index in [0.717, 1.165) is 48.4 Å². The molecule has 0 atom stereocenters. The third-order valence-corrected chi connectivity index (χ3v) is 5.14. The van der Waals surface area contributed by atoms with Gasteiger partial charge in [0.05, 0.1) is 6.42 Å². The second kappa shape index (κ2) is 8.70. The maximum Gasteiger partial charge on any atom is 0.227 e. The van der Waals surface area contributed by atoms with Crippen LogP contribution in [-0.4, -0.2) is 35.0 Å². The summed E-state index contributed by atoms with van der Waals surface area (Å²) in [5.74, 6) is 1.07. The number of amides is 1. The molecule has 3 aromatic rings. The molecule has 1 aromatic heterocycles. The molecule has 2 heterocycles. The van der Waals surface area contributed by atoms with Crippen LogP contribution in [0.3, 0.4) is 0 Å². The maximum atomic E-state index is 12.5.